The number of unbranched alkanes of at least 4 members (excludes halogenated alkanes) is 55. The highest BCUT2D eigenvalue weighted by Gasteiger charge is 2.28. The van der Waals surface area contributed by atoms with Crippen molar-refractivity contribution >= 4 is 5.91 Å². The van der Waals surface area contributed by atoms with Gasteiger partial charge in [-0.15, -0.1) is 0 Å². The molecule has 0 rings (SSSR count). The van der Waals surface area contributed by atoms with Crippen LogP contribution in [0, 0.1) is 0 Å². The fourth-order valence-electron chi connectivity index (χ4n) is 11.3. The van der Waals surface area contributed by atoms with Gasteiger partial charge in [0.25, 0.3) is 0 Å². The van der Waals surface area contributed by atoms with E-state index in [1.54, 1.807) is 0 Å². The highest BCUT2D eigenvalue weighted by Crippen LogP contribution is 2.20. The highest BCUT2D eigenvalue weighted by molar-refractivity contribution is 5.80. The van der Waals surface area contributed by atoms with Gasteiger partial charge in [0.1, 0.15) is 12.2 Å². The largest absolute Gasteiger partial charge is 0.394 e. The van der Waals surface area contributed by atoms with Gasteiger partial charge in [-0.3, -0.25) is 4.79 Å². The molecule has 6 nitrogen and oxygen atoms in total. The van der Waals surface area contributed by atoms with Gasteiger partial charge in [0.05, 0.1) is 18.8 Å². The van der Waals surface area contributed by atoms with Gasteiger partial charge >= 0.3 is 0 Å². The molecule has 0 radical (unpaired) electrons. The average molecular weight is 1030 g/mol. The monoisotopic (exact) mass is 1030 g/mol. The zero-order valence-electron chi connectivity index (χ0n) is 49.9. The maximum Gasteiger partial charge on any atom is 0.249 e. The second kappa shape index (κ2) is 62.2. The average Bonchev–Trinajstić information content (AvgIpc) is 3.40. The van der Waals surface area contributed by atoms with Crippen molar-refractivity contribution in [3.05, 3.63) is 0 Å². The number of hydrogen-bond acceptors (Lipinski definition) is 5. The second-order valence-corrected chi connectivity index (χ2v) is 23.9. The number of aliphatic hydroxyl groups is 4. The minimum absolute atomic E-state index is 0.377. The fourth-order valence-corrected chi connectivity index (χ4v) is 11.3. The van der Waals surface area contributed by atoms with E-state index >= 15 is 0 Å². The summed E-state index contributed by atoms with van der Waals surface area (Å²) < 4.78 is 0. The molecule has 0 saturated heterocycles. The van der Waals surface area contributed by atoms with E-state index in [2.05, 4.69) is 19.2 Å². The Hall–Kier alpha value is -0.690. The lowest BCUT2D eigenvalue weighted by Gasteiger charge is -2.27. The zero-order chi connectivity index (χ0) is 53.0. The van der Waals surface area contributed by atoms with Crippen molar-refractivity contribution in [2.24, 2.45) is 0 Å². The third-order valence-corrected chi connectivity index (χ3v) is 16.6. The van der Waals surface area contributed by atoms with Gasteiger partial charge in [0.15, 0.2) is 0 Å². The molecule has 0 aromatic rings. The van der Waals surface area contributed by atoms with E-state index < -0.39 is 36.9 Å². The number of carbonyl (C=O) groups excluding carboxylic acids is 1. The van der Waals surface area contributed by atoms with E-state index in [1.165, 1.54) is 327 Å². The number of aliphatic hydroxyl groups excluding tert-OH is 4. The summed E-state index contributed by atoms with van der Waals surface area (Å²) >= 11 is 0. The SMILES string of the molecule is CCCCCCCCCCCCCCCCCCCCCCCCCCCCCCCCCCCCCCCCC(O)C(=O)NC(CO)C(O)C(O)CCCCCCCCCCCCCCCCCCCCC. The summed E-state index contributed by atoms with van der Waals surface area (Å²) in [6.07, 6.45) is 75.2. The van der Waals surface area contributed by atoms with Crippen molar-refractivity contribution in [1.82, 2.24) is 5.32 Å². The van der Waals surface area contributed by atoms with Crippen LogP contribution in [-0.4, -0.2) is 57.3 Å². The molecule has 0 aliphatic rings. The summed E-state index contributed by atoms with van der Waals surface area (Å²) in [4.78, 5) is 12.6. The topological polar surface area (TPSA) is 110 Å². The molecule has 0 aromatic carbocycles. The van der Waals surface area contributed by atoms with Crippen molar-refractivity contribution in [3.8, 4) is 0 Å². The van der Waals surface area contributed by atoms with Crippen LogP contribution in [0.1, 0.15) is 393 Å². The van der Waals surface area contributed by atoms with Crippen molar-refractivity contribution in [2.75, 3.05) is 6.61 Å². The maximum atomic E-state index is 12.6. The van der Waals surface area contributed by atoms with Gasteiger partial charge in [-0.2, -0.15) is 0 Å². The van der Waals surface area contributed by atoms with Crippen LogP contribution in [0.5, 0.6) is 0 Å². The summed E-state index contributed by atoms with van der Waals surface area (Å²) in [7, 11) is 0. The van der Waals surface area contributed by atoms with Crippen molar-refractivity contribution in [3.63, 3.8) is 0 Å². The molecule has 0 aliphatic carbocycles. The molecule has 0 heterocycles. The van der Waals surface area contributed by atoms with E-state index in [9.17, 15) is 25.2 Å². The first-order valence-corrected chi connectivity index (χ1v) is 33.9. The van der Waals surface area contributed by atoms with E-state index in [4.69, 9.17) is 0 Å². The lowest BCUT2D eigenvalue weighted by molar-refractivity contribution is -0.132. The molecule has 0 fully saturated rings. The molecule has 0 aromatic heterocycles. The Morgan fingerprint density at radius 1 is 0.288 bits per heavy atom. The molecule has 0 aliphatic heterocycles. The minimum atomic E-state index is -1.26. The molecule has 73 heavy (non-hydrogen) atoms. The molecule has 5 N–H and O–H groups in total. The third-order valence-electron chi connectivity index (χ3n) is 16.6. The molecule has 438 valence electrons. The predicted molar refractivity (Wildman–Crippen MR) is 321 cm³/mol. The van der Waals surface area contributed by atoms with Crippen LogP contribution in [0.15, 0.2) is 0 Å². The number of carbonyl (C=O) groups is 1. The van der Waals surface area contributed by atoms with E-state index in [0.29, 0.717) is 12.8 Å². The first-order chi connectivity index (χ1) is 36.0. The van der Waals surface area contributed by atoms with Crippen LogP contribution in [0.3, 0.4) is 0 Å². The van der Waals surface area contributed by atoms with Crippen molar-refractivity contribution < 1.29 is 25.2 Å². The standard InChI is InChI=1S/C67H135NO5/c1-3-5-7-9-11-13-15-17-19-21-23-24-25-26-27-28-29-30-31-32-33-34-35-36-37-38-39-40-41-43-45-47-49-51-53-55-57-59-61-65(71)67(73)68-63(62-69)66(72)64(70)60-58-56-54-52-50-48-46-44-42-22-20-18-16-14-12-10-8-6-4-2/h63-66,69-72H,3-62H2,1-2H3,(H,68,73). The maximum absolute atomic E-state index is 12.6. The number of nitrogens with one attached hydrogen (secondary N) is 1. The molecule has 4 atom stereocenters. The van der Waals surface area contributed by atoms with Crippen LogP contribution in [-0.2, 0) is 4.79 Å². The first-order valence-electron chi connectivity index (χ1n) is 33.9. The summed E-state index contributed by atoms with van der Waals surface area (Å²) in [6, 6.07) is -0.981. The minimum Gasteiger partial charge on any atom is -0.394 e. The first kappa shape index (κ1) is 72.3. The van der Waals surface area contributed by atoms with Gasteiger partial charge in [0, 0.05) is 0 Å². The van der Waals surface area contributed by atoms with E-state index in [0.717, 1.165) is 38.5 Å². The fraction of sp³-hybridized carbons (Fsp3) is 0.985. The van der Waals surface area contributed by atoms with Crippen LogP contribution in [0.2, 0.25) is 0 Å². The molecule has 4 unspecified atom stereocenters. The van der Waals surface area contributed by atoms with Gasteiger partial charge in [-0.25, -0.2) is 0 Å². The smallest absolute Gasteiger partial charge is 0.249 e. The van der Waals surface area contributed by atoms with Crippen LogP contribution >= 0.6 is 0 Å². The lowest BCUT2D eigenvalue weighted by Crippen LogP contribution is -2.53. The third kappa shape index (κ3) is 55.9. The Bertz CT molecular complexity index is 1030. The highest BCUT2D eigenvalue weighted by atomic mass is 16.3. The van der Waals surface area contributed by atoms with Gasteiger partial charge in [-0.1, -0.05) is 380 Å². The normalized spacial score (nSPS) is 13.5. The molecular formula is C67H135NO5. The van der Waals surface area contributed by atoms with Crippen LogP contribution < -0.4 is 5.32 Å². The second-order valence-electron chi connectivity index (χ2n) is 23.9. The molecular weight excluding hydrogens is 899 g/mol. The quantitative estimate of drug-likeness (QED) is 0.0390. The predicted octanol–water partition coefficient (Wildman–Crippen LogP) is 20.6. The summed E-state index contributed by atoms with van der Waals surface area (Å²) in [5, 5.41) is 44.1. The molecule has 0 spiro atoms. The Kier molecular flexibility index (Phi) is 61.6. The molecule has 6 heteroatoms. The van der Waals surface area contributed by atoms with Crippen molar-refractivity contribution in [2.45, 2.75) is 417 Å². The van der Waals surface area contributed by atoms with Gasteiger partial charge in [0.2, 0.25) is 5.91 Å². The Balaban J connectivity index is 3.46. The Labute approximate surface area is 458 Å². The van der Waals surface area contributed by atoms with Crippen LogP contribution in [0.4, 0.5) is 0 Å². The Morgan fingerprint density at radius 3 is 0.658 bits per heavy atom. The number of hydrogen-bond donors (Lipinski definition) is 5. The summed E-state index contributed by atoms with van der Waals surface area (Å²) in [6.45, 7) is 4.11. The molecule has 1 amide bonds. The number of rotatable bonds is 64. The van der Waals surface area contributed by atoms with Gasteiger partial charge < -0.3 is 25.7 Å². The summed E-state index contributed by atoms with van der Waals surface area (Å²) in [5.74, 6) is -0.574. The lowest BCUT2D eigenvalue weighted by atomic mass is 9.99. The zero-order valence-corrected chi connectivity index (χ0v) is 49.9. The number of amides is 1. The Morgan fingerprint density at radius 2 is 0.466 bits per heavy atom. The van der Waals surface area contributed by atoms with Crippen LogP contribution in [0.25, 0.3) is 0 Å². The van der Waals surface area contributed by atoms with E-state index in [1.807, 2.05) is 0 Å². The molecule has 0 bridgehead atoms. The van der Waals surface area contributed by atoms with E-state index in [-0.39, 0.29) is 0 Å². The molecule has 0 saturated carbocycles. The van der Waals surface area contributed by atoms with Gasteiger partial charge in [-0.05, 0) is 12.8 Å². The van der Waals surface area contributed by atoms with Crippen molar-refractivity contribution in [1.29, 1.82) is 0 Å². The summed E-state index contributed by atoms with van der Waals surface area (Å²) in [5.41, 5.74) is 0.